The maximum Gasteiger partial charge on any atom is 0.237 e. The fourth-order valence-corrected chi connectivity index (χ4v) is 0.933. The van der Waals surface area contributed by atoms with E-state index in [0.29, 0.717) is 24.6 Å². The topological polar surface area (TPSA) is 68.4 Å². The Morgan fingerprint density at radius 2 is 2.38 bits per heavy atom. The van der Waals surface area contributed by atoms with Crippen LogP contribution in [0.4, 0.5) is 5.69 Å². The highest BCUT2D eigenvalue weighted by Gasteiger charge is 2.00. The van der Waals surface area contributed by atoms with Crippen molar-refractivity contribution < 1.29 is 9.84 Å². The Kier molecular flexibility index (Phi) is 3.52. The third-order valence-electron chi connectivity index (χ3n) is 1.56. The van der Waals surface area contributed by atoms with Crippen molar-refractivity contribution in [1.82, 2.24) is 4.98 Å². The lowest BCUT2D eigenvalue weighted by Crippen LogP contribution is -2.03. The lowest BCUT2D eigenvalue weighted by atomic mass is 10.3. The monoisotopic (exact) mass is 182 g/mol. The minimum Gasteiger partial charge on any atom is -0.476 e. The second-order valence-corrected chi connectivity index (χ2v) is 2.83. The smallest absolute Gasteiger partial charge is 0.237 e. The molecule has 0 aliphatic rings. The molecule has 4 nitrogen and oxygen atoms in total. The maximum atomic E-state index is 8.53. The number of aliphatic hydroxyl groups excluding tert-OH is 1. The Labute approximate surface area is 77.4 Å². The van der Waals surface area contributed by atoms with Crippen LogP contribution in [0.1, 0.15) is 12.0 Å². The van der Waals surface area contributed by atoms with Crippen LogP contribution in [0, 0.1) is 6.92 Å². The molecule has 0 fully saturated rings. The lowest BCUT2D eigenvalue weighted by molar-refractivity contribution is 0.230. The van der Waals surface area contributed by atoms with E-state index >= 15 is 0 Å². The molecule has 0 spiro atoms. The molecular formula is C9H14N2O2. The summed E-state index contributed by atoms with van der Waals surface area (Å²) in [6.45, 7) is 2.48. The van der Waals surface area contributed by atoms with Crippen LogP contribution < -0.4 is 10.5 Å². The first-order chi connectivity index (χ1) is 6.24. The van der Waals surface area contributed by atoms with E-state index in [1.54, 1.807) is 12.3 Å². The van der Waals surface area contributed by atoms with Gasteiger partial charge in [-0.25, -0.2) is 4.98 Å². The Morgan fingerprint density at radius 1 is 1.62 bits per heavy atom. The van der Waals surface area contributed by atoms with Crippen LogP contribution in [-0.2, 0) is 0 Å². The van der Waals surface area contributed by atoms with Crippen molar-refractivity contribution in [2.45, 2.75) is 13.3 Å². The van der Waals surface area contributed by atoms with Gasteiger partial charge in [0.15, 0.2) is 0 Å². The number of aromatic nitrogens is 1. The summed E-state index contributed by atoms with van der Waals surface area (Å²) >= 11 is 0. The Balaban J connectivity index is 2.56. The zero-order valence-electron chi connectivity index (χ0n) is 7.66. The van der Waals surface area contributed by atoms with Gasteiger partial charge in [0, 0.05) is 19.2 Å². The van der Waals surface area contributed by atoms with Crippen LogP contribution in [-0.4, -0.2) is 23.3 Å². The van der Waals surface area contributed by atoms with Crippen LogP contribution in [0.2, 0.25) is 0 Å². The van der Waals surface area contributed by atoms with Crippen molar-refractivity contribution >= 4 is 5.69 Å². The molecule has 0 aromatic carbocycles. The number of nitrogens with two attached hydrogens (primary N) is 1. The SMILES string of the molecule is Cc1cnc(OCCCO)c(N)c1. The van der Waals surface area contributed by atoms with Crippen LogP contribution in [0.3, 0.4) is 0 Å². The molecule has 1 rings (SSSR count). The second-order valence-electron chi connectivity index (χ2n) is 2.83. The molecule has 72 valence electrons. The van der Waals surface area contributed by atoms with Crippen LogP contribution >= 0.6 is 0 Å². The average molecular weight is 182 g/mol. The Bertz CT molecular complexity index is 276. The summed E-state index contributed by atoms with van der Waals surface area (Å²) in [6, 6.07) is 1.81. The molecule has 1 heterocycles. The molecular weight excluding hydrogens is 168 g/mol. The highest BCUT2D eigenvalue weighted by molar-refractivity contribution is 5.49. The average Bonchev–Trinajstić information content (AvgIpc) is 2.09. The molecule has 0 amide bonds. The predicted octanol–water partition coefficient (Wildman–Crippen LogP) is 0.733. The molecule has 0 bridgehead atoms. The van der Waals surface area contributed by atoms with E-state index in [4.69, 9.17) is 15.6 Å². The quantitative estimate of drug-likeness (QED) is 0.674. The van der Waals surface area contributed by atoms with Gasteiger partial charge in [0.05, 0.1) is 12.3 Å². The van der Waals surface area contributed by atoms with Gasteiger partial charge >= 0.3 is 0 Å². The molecule has 0 unspecified atom stereocenters. The third-order valence-corrected chi connectivity index (χ3v) is 1.56. The molecule has 13 heavy (non-hydrogen) atoms. The van der Waals surface area contributed by atoms with Gasteiger partial charge in [0.25, 0.3) is 0 Å². The summed E-state index contributed by atoms with van der Waals surface area (Å²) in [7, 11) is 0. The van der Waals surface area contributed by atoms with Crippen LogP contribution in [0.5, 0.6) is 5.88 Å². The van der Waals surface area contributed by atoms with E-state index in [1.165, 1.54) is 0 Å². The van der Waals surface area contributed by atoms with Crippen molar-refractivity contribution in [2.75, 3.05) is 18.9 Å². The Hall–Kier alpha value is -1.29. The van der Waals surface area contributed by atoms with Gasteiger partial charge in [-0.05, 0) is 18.6 Å². The predicted molar refractivity (Wildman–Crippen MR) is 50.6 cm³/mol. The molecule has 1 aromatic rings. The van der Waals surface area contributed by atoms with Crippen LogP contribution in [0.15, 0.2) is 12.3 Å². The molecule has 0 radical (unpaired) electrons. The number of nitrogens with zero attached hydrogens (tertiary/aromatic N) is 1. The number of pyridine rings is 1. The van der Waals surface area contributed by atoms with E-state index < -0.39 is 0 Å². The molecule has 0 atom stereocenters. The minimum absolute atomic E-state index is 0.117. The standard InChI is InChI=1S/C9H14N2O2/c1-7-5-8(10)9(11-6-7)13-4-2-3-12/h5-6,12H,2-4,10H2,1H3. The van der Waals surface area contributed by atoms with Gasteiger partial charge < -0.3 is 15.6 Å². The second kappa shape index (κ2) is 4.67. The third kappa shape index (κ3) is 2.91. The highest BCUT2D eigenvalue weighted by Crippen LogP contribution is 2.18. The minimum atomic E-state index is 0.117. The zero-order valence-corrected chi connectivity index (χ0v) is 7.66. The lowest BCUT2D eigenvalue weighted by Gasteiger charge is -2.06. The first-order valence-corrected chi connectivity index (χ1v) is 4.20. The maximum absolute atomic E-state index is 8.53. The first kappa shape index (κ1) is 9.80. The number of anilines is 1. The summed E-state index contributed by atoms with van der Waals surface area (Å²) in [4.78, 5) is 4.02. The normalized spacial score (nSPS) is 10.0. The number of hydrogen-bond acceptors (Lipinski definition) is 4. The van der Waals surface area contributed by atoms with Gasteiger partial charge in [0.1, 0.15) is 0 Å². The first-order valence-electron chi connectivity index (χ1n) is 4.20. The van der Waals surface area contributed by atoms with Gasteiger partial charge in [-0.15, -0.1) is 0 Å². The molecule has 0 aliphatic heterocycles. The molecule has 1 aromatic heterocycles. The molecule has 0 aliphatic carbocycles. The number of hydrogen-bond donors (Lipinski definition) is 2. The van der Waals surface area contributed by atoms with Crippen LogP contribution in [0.25, 0.3) is 0 Å². The fraction of sp³-hybridized carbons (Fsp3) is 0.444. The summed E-state index contributed by atoms with van der Waals surface area (Å²) < 4.78 is 5.24. The van der Waals surface area contributed by atoms with Gasteiger partial charge in [-0.1, -0.05) is 0 Å². The fourth-order valence-electron chi connectivity index (χ4n) is 0.933. The van der Waals surface area contributed by atoms with Crippen molar-refractivity contribution in [3.8, 4) is 5.88 Å². The number of nitrogen functional groups attached to an aromatic ring is 1. The molecule has 0 saturated heterocycles. The summed E-state index contributed by atoms with van der Waals surface area (Å²) in [5.41, 5.74) is 7.20. The summed E-state index contributed by atoms with van der Waals surface area (Å²) in [5.74, 6) is 0.444. The zero-order chi connectivity index (χ0) is 9.68. The molecule has 0 saturated carbocycles. The summed E-state index contributed by atoms with van der Waals surface area (Å²) in [5, 5.41) is 8.53. The van der Waals surface area contributed by atoms with E-state index in [-0.39, 0.29) is 6.61 Å². The number of ether oxygens (including phenoxy) is 1. The number of aryl methyl sites for hydroxylation is 1. The number of rotatable bonds is 4. The summed E-state index contributed by atoms with van der Waals surface area (Å²) in [6.07, 6.45) is 2.29. The van der Waals surface area contributed by atoms with Gasteiger partial charge in [-0.2, -0.15) is 0 Å². The van der Waals surface area contributed by atoms with E-state index in [0.717, 1.165) is 5.56 Å². The van der Waals surface area contributed by atoms with Crippen molar-refractivity contribution in [3.63, 3.8) is 0 Å². The van der Waals surface area contributed by atoms with Crippen molar-refractivity contribution in [2.24, 2.45) is 0 Å². The largest absolute Gasteiger partial charge is 0.476 e. The molecule has 3 N–H and O–H groups in total. The molecule has 4 heteroatoms. The van der Waals surface area contributed by atoms with Gasteiger partial charge in [-0.3, -0.25) is 0 Å². The van der Waals surface area contributed by atoms with E-state index in [2.05, 4.69) is 4.98 Å². The van der Waals surface area contributed by atoms with Crippen molar-refractivity contribution in [1.29, 1.82) is 0 Å². The van der Waals surface area contributed by atoms with Crippen molar-refractivity contribution in [3.05, 3.63) is 17.8 Å². The number of aliphatic hydroxyl groups is 1. The van der Waals surface area contributed by atoms with Gasteiger partial charge in [0.2, 0.25) is 5.88 Å². The van der Waals surface area contributed by atoms with E-state index in [1.807, 2.05) is 6.92 Å². The Morgan fingerprint density at radius 3 is 3.00 bits per heavy atom. The van der Waals surface area contributed by atoms with E-state index in [9.17, 15) is 0 Å². The highest BCUT2D eigenvalue weighted by atomic mass is 16.5.